The van der Waals surface area contributed by atoms with Crippen molar-refractivity contribution in [3.63, 3.8) is 0 Å². The Morgan fingerprint density at radius 2 is 2.23 bits per heavy atom. The molecule has 5 N–H and O–H groups in total. The van der Waals surface area contributed by atoms with Crippen molar-refractivity contribution >= 4 is 12.0 Å². The molecule has 5 nitrogen and oxygen atoms in total. The zero-order valence-electron chi connectivity index (χ0n) is 7.59. The van der Waals surface area contributed by atoms with Crippen LogP contribution in [-0.4, -0.2) is 31.6 Å². The number of halogens is 1. The van der Waals surface area contributed by atoms with Crippen LogP contribution in [0.2, 0.25) is 0 Å². The summed E-state index contributed by atoms with van der Waals surface area (Å²) in [6.07, 6.45) is 0.960. The molecule has 0 radical (unpaired) electrons. The fourth-order valence-corrected chi connectivity index (χ4v) is 0.875. The lowest BCUT2D eigenvalue weighted by Gasteiger charge is -2.08. The maximum absolute atomic E-state index is 12.2. The number of likely N-dealkylation sites (N-methyl/N-ethyl adjacent to an activating group) is 1. The van der Waals surface area contributed by atoms with Gasteiger partial charge < -0.3 is 16.8 Å². The van der Waals surface area contributed by atoms with Crippen molar-refractivity contribution in [1.29, 1.82) is 0 Å². The number of aliphatic imine (C=N–C) groups is 1. The van der Waals surface area contributed by atoms with Crippen molar-refractivity contribution in [2.24, 2.45) is 16.5 Å². The molecule has 0 aliphatic heterocycles. The molecule has 6 heteroatoms. The summed E-state index contributed by atoms with van der Waals surface area (Å²) < 4.78 is 12.2. The van der Waals surface area contributed by atoms with E-state index < -0.39 is 12.1 Å². The van der Waals surface area contributed by atoms with Crippen molar-refractivity contribution < 1.29 is 9.18 Å². The lowest BCUT2D eigenvalue weighted by Crippen LogP contribution is -2.31. The van der Waals surface area contributed by atoms with Gasteiger partial charge in [-0.3, -0.25) is 9.79 Å². The Labute approximate surface area is 76.4 Å². The van der Waals surface area contributed by atoms with Crippen molar-refractivity contribution in [2.45, 2.75) is 18.9 Å². The number of carbonyl (C=O) groups is 1. The molecule has 0 bridgehead atoms. The molecule has 1 atom stereocenters. The number of nitrogens with zero attached hydrogens (tertiary/aromatic N) is 1. The normalized spacial score (nSPS) is 12.2. The Hall–Kier alpha value is -1.17. The first-order valence-electron chi connectivity index (χ1n) is 4.00. The molecule has 0 aromatic rings. The van der Waals surface area contributed by atoms with Gasteiger partial charge in [-0.15, -0.1) is 0 Å². The molecule has 0 heterocycles. The summed E-state index contributed by atoms with van der Waals surface area (Å²) in [5.41, 5.74) is 10.1. The van der Waals surface area contributed by atoms with E-state index in [1.165, 1.54) is 7.05 Å². The molecule has 0 spiro atoms. The Balaban J connectivity index is 3.62. The second-order valence-electron chi connectivity index (χ2n) is 2.59. The molecule has 0 saturated heterocycles. The van der Waals surface area contributed by atoms with E-state index in [1.807, 2.05) is 0 Å². The third-order valence-corrected chi connectivity index (χ3v) is 1.57. The Bertz CT molecular complexity index is 191. The molecule has 0 fully saturated rings. The van der Waals surface area contributed by atoms with E-state index in [0.29, 0.717) is 19.4 Å². The van der Waals surface area contributed by atoms with E-state index in [0.717, 1.165) is 0 Å². The van der Waals surface area contributed by atoms with E-state index in [-0.39, 0.29) is 5.96 Å². The Kier molecular flexibility index (Phi) is 5.79. The predicted octanol–water partition coefficient (Wildman–Crippen LogP) is -0.876. The van der Waals surface area contributed by atoms with Crippen LogP contribution in [0.15, 0.2) is 4.99 Å². The summed E-state index contributed by atoms with van der Waals surface area (Å²) in [7, 11) is 1.53. The Morgan fingerprint density at radius 1 is 1.62 bits per heavy atom. The largest absolute Gasteiger partial charge is 0.370 e. The zero-order valence-corrected chi connectivity index (χ0v) is 7.59. The fraction of sp³-hybridized carbons (Fsp3) is 0.714. The summed E-state index contributed by atoms with van der Waals surface area (Å²) in [6.45, 7) is 0.411. The number of guanidine groups is 1. The molecule has 13 heavy (non-hydrogen) atoms. The van der Waals surface area contributed by atoms with E-state index in [1.54, 1.807) is 0 Å². The lowest BCUT2D eigenvalue weighted by atomic mass is 10.2. The Morgan fingerprint density at radius 3 is 2.62 bits per heavy atom. The van der Waals surface area contributed by atoms with Crippen LogP contribution in [0, 0.1) is 0 Å². The number of rotatable bonds is 6. The fourth-order valence-electron chi connectivity index (χ4n) is 0.875. The number of hydrogen-bond acceptors (Lipinski definition) is 3. The van der Waals surface area contributed by atoms with Gasteiger partial charge in [0, 0.05) is 6.54 Å². The van der Waals surface area contributed by atoms with Gasteiger partial charge in [0.05, 0.1) is 6.04 Å². The van der Waals surface area contributed by atoms with Crippen molar-refractivity contribution in [2.75, 3.05) is 13.6 Å². The first-order valence-corrected chi connectivity index (χ1v) is 4.00. The molecule has 0 rings (SSSR count). The monoisotopic (exact) mass is 190 g/mol. The second-order valence-corrected chi connectivity index (χ2v) is 2.59. The highest BCUT2D eigenvalue weighted by Gasteiger charge is 2.13. The average Bonchev–Trinajstić information content (AvgIpc) is 2.03. The second kappa shape index (κ2) is 6.36. The predicted molar refractivity (Wildman–Crippen MR) is 48.9 cm³/mol. The van der Waals surface area contributed by atoms with Crippen LogP contribution in [-0.2, 0) is 4.79 Å². The number of nitrogens with one attached hydrogen (secondary N) is 1. The van der Waals surface area contributed by atoms with E-state index in [9.17, 15) is 9.18 Å². The summed E-state index contributed by atoms with van der Waals surface area (Å²) >= 11 is 0. The van der Waals surface area contributed by atoms with Gasteiger partial charge in [0.25, 0.3) is 0 Å². The molecule has 0 aromatic carbocycles. The third kappa shape index (κ3) is 6.03. The molecule has 0 unspecified atom stereocenters. The van der Waals surface area contributed by atoms with Crippen molar-refractivity contribution in [1.82, 2.24) is 5.32 Å². The molecule has 0 aromatic heterocycles. The molecule has 76 valence electrons. The first-order chi connectivity index (χ1) is 6.07. The average molecular weight is 190 g/mol. The van der Waals surface area contributed by atoms with Crippen LogP contribution in [0.4, 0.5) is 4.39 Å². The van der Waals surface area contributed by atoms with Gasteiger partial charge in [-0.25, -0.2) is 0 Å². The quantitative estimate of drug-likeness (QED) is 0.219. The minimum absolute atomic E-state index is 0.00702. The van der Waals surface area contributed by atoms with Gasteiger partial charge in [0.1, 0.15) is 0 Å². The minimum atomic E-state index is -1.35. The molecular weight excluding hydrogens is 175 g/mol. The highest BCUT2D eigenvalue weighted by molar-refractivity contribution is 5.75. The van der Waals surface area contributed by atoms with Crippen LogP contribution < -0.4 is 16.8 Å². The topological polar surface area (TPSA) is 93.5 Å². The highest BCUT2D eigenvalue weighted by atomic mass is 19.1. The van der Waals surface area contributed by atoms with E-state index >= 15 is 0 Å². The summed E-state index contributed by atoms with van der Waals surface area (Å²) in [4.78, 5) is 14.0. The molecular formula is C7H15FN4O. The number of hydrogen-bond donors (Lipinski definition) is 3. The van der Waals surface area contributed by atoms with Gasteiger partial charge in [-0.05, 0) is 19.9 Å². The van der Waals surface area contributed by atoms with Crippen molar-refractivity contribution in [3.8, 4) is 0 Å². The molecule has 0 aliphatic carbocycles. The minimum Gasteiger partial charge on any atom is -0.370 e. The first kappa shape index (κ1) is 11.8. The summed E-state index contributed by atoms with van der Waals surface area (Å²) in [5, 5.41) is 2.55. The maximum Gasteiger partial charge on any atom is 0.318 e. The van der Waals surface area contributed by atoms with Gasteiger partial charge in [-0.1, -0.05) is 0 Å². The van der Waals surface area contributed by atoms with Crippen LogP contribution in [0.3, 0.4) is 0 Å². The number of nitrogens with two attached hydrogens (primary N) is 2. The molecule has 0 saturated carbocycles. The SMILES string of the molecule is CN[C@@H](CCCN=C(N)N)C(=O)F. The van der Waals surface area contributed by atoms with Crippen LogP contribution >= 0.6 is 0 Å². The van der Waals surface area contributed by atoms with E-state index in [4.69, 9.17) is 11.5 Å². The van der Waals surface area contributed by atoms with E-state index in [2.05, 4.69) is 10.3 Å². The van der Waals surface area contributed by atoms with Crippen LogP contribution in [0.1, 0.15) is 12.8 Å². The third-order valence-electron chi connectivity index (χ3n) is 1.57. The van der Waals surface area contributed by atoms with Gasteiger partial charge in [-0.2, -0.15) is 4.39 Å². The molecule has 0 amide bonds. The smallest absolute Gasteiger partial charge is 0.318 e. The maximum atomic E-state index is 12.2. The van der Waals surface area contributed by atoms with Gasteiger partial charge in [0.15, 0.2) is 5.96 Å². The van der Waals surface area contributed by atoms with Crippen molar-refractivity contribution in [3.05, 3.63) is 0 Å². The van der Waals surface area contributed by atoms with Gasteiger partial charge >= 0.3 is 6.04 Å². The molecule has 0 aliphatic rings. The number of carbonyl (C=O) groups excluding carboxylic acids is 1. The summed E-state index contributed by atoms with van der Waals surface area (Å²) in [5.74, 6) is 0.00702. The zero-order chi connectivity index (χ0) is 10.3. The lowest BCUT2D eigenvalue weighted by molar-refractivity contribution is -0.131. The van der Waals surface area contributed by atoms with Gasteiger partial charge in [0.2, 0.25) is 0 Å². The van der Waals surface area contributed by atoms with Crippen LogP contribution in [0.25, 0.3) is 0 Å². The standard InChI is InChI=1S/C7H15FN4O/c1-11-5(6(8)13)3-2-4-12-7(9)10/h5,11H,2-4H2,1H3,(H4,9,10,12)/t5-/m0/s1. The highest BCUT2D eigenvalue weighted by Crippen LogP contribution is 1.99. The summed E-state index contributed by atoms with van der Waals surface area (Å²) in [6, 6.07) is -2.10. The van der Waals surface area contributed by atoms with Crippen LogP contribution in [0.5, 0.6) is 0 Å².